The van der Waals surface area contributed by atoms with Gasteiger partial charge in [0.25, 0.3) is 0 Å². The summed E-state index contributed by atoms with van der Waals surface area (Å²) in [7, 11) is 0.950. The van der Waals surface area contributed by atoms with Crippen molar-refractivity contribution in [1.29, 1.82) is 0 Å². The van der Waals surface area contributed by atoms with E-state index in [2.05, 4.69) is 109 Å². The Labute approximate surface area is 204 Å². The molecule has 2 aromatic rings. The Bertz CT molecular complexity index is 961. The Morgan fingerprint density at radius 2 is 1.64 bits per heavy atom. The maximum Gasteiger partial charge on any atom is 0.319 e. The largest absolute Gasteiger partial charge is 0.364 e. The molecule has 1 unspecified atom stereocenters. The highest BCUT2D eigenvalue weighted by atomic mass is 33.2. The number of nitrogens with zero attached hydrogens (tertiary/aromatic N) is 1. The monoisotopic (exact) mass is 483 g/mol. The molecule has 2 heterocycles. The zero-order valence-corrected chi connectivity index (χ0v) is 21.9. The average Bonchev–Trinajstić information content (AvgIpc) is 3.51. The molecule has 1 atom stereocenters. The molecule has 0 aliphatic carbocycles. The first-order valence-electron chi connectivity index (χ1n) is 12.0. The lowest BCUT2D eigenvalue weighted by atomic mass is 9.93. The van der Waals surface area contributed by atoms with Crippen LogP contribution in [0.3, 0.4) is 0 Å². The second-order valence-electron chi connectivity index (χ2n) is 9.46. The van der Waals surface area contributed by atoms with E-state index in [1.165, 1.54) is 39.6 Å². The van der Waals surface area contributed by atoms with E-state index in [9.17, 15) is 4.79 Å². The van der Waals surface area contributed by atoms with Crippen LogP contribution in [0.2, 0.25) is 0 Å². The fourth-order valence-corrected chi connectivity index (χ4v) is 11.0. The number of carbonyl (C=O) groups is 1. The molecule has 2 N–H and O–H groups in total. The second-order valence-corrected chi connectivity index (χ2v) is 15.5. The predicted octanol–water partition coefficient (Wildman–Crippen LogP) is 7.30. The molecular weight excluding hydrogens is 446 g/mol. The first-order valence-corrected chi connectivity index (χ1v) is 15.5. The van der Waals surface area contributed by atoms with Crippen LogP contribution in [-0.4, -0.2) is 36.5 Å². The van der Waals surface area contributed by atoms with E-state index in [1.807, 2.05) is 0 Å². The molecular formula is C27H37N3OS2. The average molecular weight is 484 g/mol. The van der Waals surface area contributed by atoms with E-state index < -0.39 is 9.06 Å². The quantitative estimate of drug-likeness (QED) is 0.321. The summed E-state index contributed by atoms with van der Waals surface area (Å²) in [5, 5.41) is 6.48. The minimum absolute atomic E-state index is 0.0934. The van der Waals surface area contributed by atoms with E-state index in [4.69, 9.17) is 0 Å². The highest BCUT2D eigenvalue weighted by molar-refractivity contribution is 8.94. The molecule has 1 fully saturated rings. The Balaban J connectivity index is 1.47. The van der Waals surface area contributed by atoms with Gasteiger partial charge in [-0.15, -0.1) is 19.9 Å². The van der Waals surface area contributed by atoms with Crippen molar-refractivity contribution in [2.45, 2.75) is 50.8 Å². The van der Waals surface area contributed by atoms with Crippen molar-refractivity contribution in [1.82, 2.24) is 5.32 Å². The summed E-state index contributed by atoms with van der Waals surface area (Å²) in [5.41, 5.74) is 4.64. The summed E-state index contributed by atoms with van der Waals surface area (Å²) < 4.78 is 0. The highest BCUT2D eigenvalue weighted by Crippen LogP contribution is 2.69. The van der Waals surface area contributed by atoms with Gasteiger partial charge in [0.1, 0.15) is 0 Å². The van der Waals surface area contributed by atoms with Gasteiger partial charge in [-0.3, -0.25) is 0 Å². The fraction of sp³-hybridized carbons (Fsp3) is 0.444. The molecule has 1 saturated heterocycles. The Hall–Kier alpha value is -2.05. The van der Waals surface area contributed by atoms with Gasteiger partial charge >= 0.3 is 6.03 Å². The van der Waals surface area contributed by atoms with Gasteiger partial charge in [-0.05, 0) is 59.4 Å². The number of para-hydroxylation sites is 1. The molecule has 6 heteroatoms. The van der Waals surface area contributed by atoms with Gasteiger partial charge in [0.2, 0.25) is 0 Å². The lowest BCUT2D eigenvalue weighted by Crippen LogP contribution is -2.32. The third-order valence-electron chi connectivity index (χ3n) is 6.45. The number of hydrogen-bond donors (Lipinski definition) is 2. The minimum Gasteiger partial charge on any atom is -0.364 e. The lowest BCUT2D eigenvalue weighted by Gasteiger charge is -2.35. The molecule has 0 spiro atoms. The molecule has 2 aliphatic heterocycles. The second kappa shape index (κ2) is 10.5. The van der Waals surface area contributed by atoms with Crippen LogP contribution in [0.4, 0.5) is 16.2 Å². The van der Waals surface area contributed by atoms with Gasteiger partial charge in [0, 0.05) is 35.1 Å². The number of benzene rings is 2. The molecule has 0 aromatic heterocycles. The molecule has 0 saturated carbocycles. The molecule has 33 heavy (non-hydrogen) atoms. The lowest BCUT2D eigenvalue weighted by molar-refractivity contribution is 0.253. The number of urea groups is 1. The maximum absolute atomic E-state index is 13.1. The van der Waals surface area contributed by atoms with Crippen molar-refractivity contribution < 1.29 is 4.79 Å². The standard InChI is InChI=1S/C27H37N3OS2/c1-20(2)24-9-7-10-25(21(3)4)26(24)29-27(31)28-19-33(18-8-17-32-33)23-13-11-22(12-14-23)30-15-5-6-16-30/h5-7,9-14,20-21H,8,15-19H2,1-4H3,(H2,28,29,31). The molecule has 4 rings (SSSR count). The smallest absolute Gasteiger partial charge is 0.319 e. The van der Waals surface area contributed by atoms with Crippen LogP contribution in [0.5, 0.6) is 0 Å². The summed E-state index contributed by atoms with van der Waals surface area (Å²) in [6, 6.07) is 15.4. The Morgan fingerprint density at radius 1 is 1.00 bits per heavy atom. The summed E-state index contributed by atoms with van der Waals surface area (Å²) in [6.45, 7) is 10.7. The summed E-state index contributed by atoms with van der Waals surface area (Å²) >= 11 is 0. The first-order chi connectivity index (χ1) is 15.9. The third kappa shape index (κ3) is 5.38. The van der Waals surface area contributed by atoms with Crippen molar-refractivity contribution in [3.05, 3.63) is 65.7 Å². The van der Waals surface area contributed by atoms with Crippen LogP contribution in [-0.2, 0) is 0 Å². The molecule has 178 valence electrons. The van der Waals surface area contributed by atoms with Gasteiger partial charge in [-0.1, -0.05) is 58.0 Å². The number of carbonyl (C=O) groups excluding carboxylic acids is 1. The van der Waals surface area contributed by atoms with Gasteiger partial charge in [-0.2, -0.15) is 0 Å². The topological polar surface area (TPSA) is 44.4 Å². The highest BCUT2D eigenvalue weighted by Gasteiger charge is 2.32. The molecule has 0 bridgehead atoms. The molecule has 4 nitrogen and oxygen atoms in total. The normalized spacial score (nSPS) is 22.1. The molecule has 0 radical (unpaired) electrons. The molecule has 2 aliphatic rings. The van der Waals surface area contributed by atoms with Gasteiger partial charge in [0.05, 0.1) is 5.88 Å². The fourth-order valence-electron chi connectivity index (χ4n) is 4.58. The minimum atomic E-state index is -1.11. The summed E-state index contributed by atoms with van der Waals surface area (Å²) in [6.07, 6.45) is 5.66. The number of rotatable bonds is 7. The number of nitrogens with one attached hydrogen (secondary N) is 2. The predicted molar refractivity (Wildman–Crippen MR) is 147 cm³/mol. The van der Waals surface area contributed by atoms with Crippen LogP contribution in [0, 0.1) is 0 Å². The van der Waals surface area contributed by atoms with E-state index in [-0.39, 0.29) is 6.03 Å². The number of anilines is 2. The van der Waals surface area contributed by atoms with Crippen molar-refractivity contribution in [2.24, 2.45) is 0 Å². The third-order valence-corrected chi connectivity index (χ3v) is 13.3. The van der Waals surface area contributed by atoms with Crippen LogP contribution >= 0.6 is 19.9 Å². The van der Waals surface area contributed by atoms with Gasteiger partial charge < -0.3 is 15.5 Å². The Kier molecular flexibility index (Phi) is 7.65. The van der Waals surface area contributed by atoms with Crippen LogP contribution in [0.25, 0.3) is 0 Å². The number of amides is 2. The summed E-state index contributed by atoms with van der Waals surface area (Å²) in [4.78, 5) is 16.9. The molecule has 2 aromatic carbocycles. The zero-order chi connectivity index (χ0) is 23.4. The van der Waals surface area contributed by atoms with Crippen molar-refractivity contribution >= 4 is 37.3 Å². The van der Waals surface area contributed by atoms with Gasteiger partial charge in [0.15, 0.2) is 0 Å². The van der Waals surface area contributed by atoms with Crippen molar-refractivity contribution in [3.8, 4) is 0 Å². The van der Waals surface area contributed by atoms with E-state index in [0.29, 0.717) is 11.8 Å². The summed E-state index contributed by atoms with van der Waals surface area (Å²) in [5.74, 6) is 3.76. The van der Waals surface area contributed by atoms with Crippen LogP contribution < -0.4 is 15.5 Å². The van der Waals surface area contributed by atoms with E-state index >= 15 is 0 Å². The van der Waals surface area contributed by atoms with Crippen LogP contribution in [0.15, 0.2) is 59.5 Å². The number of hydrogen-bond acceptors (Lipinski definition) is 3. The maximum atomic E-state index is 13.1. The van der Waals surface area contributed by atoms with E-state index in [1.54, 1.807) is 0 Å². The van der Waals surface area contributed by atoms with Crippen molar-refractivity contribution in [2.75, 3.05) is 40.7 Å². The first kappa shape index (κ1) is 24.1. The molecule has 2 amide bonds. The zero-order valence-electron chi connectivity index (χ0n) is 20.3. The SMILES string of the molecule is CC(C)c1cccc(C(C)C)c1NC(=O)NCS1(c2ccc(N3CC=CC3)cc2)CCCS1. The van der Waals surface area contributed by atoms with E-state index in [0.717, 1.165) is 24.7 Å². The van der Waals surface area contributed by atoms with Gasteiger partial charge in [-0.25, -0.2) is 4.79 Å². The van der Waals surface area contributed by atoms with Crippen LogP contribution in [0.1, 0.15) is 57.1 Å². The van der Waals surface area contributed by atoms with Crippen molar-refractivity contribution in [3.63, 3.8) is 0 Å². The Morgan fingerprint density at radius 3 is 2.18 bits per heavy atom.